The normalized spacial score (nSPS) is 24.2. The van der Waals surface area contributed by atoms with Crippen LogP contribution >= 0.6 is 0 Å². The monoisotopic (exact) mass is 546 g/mol. The van der Waals surface area contributed by atoms with Crippen molar-refractivity contribution in [1.82, 2.24) is 19.8 Å². The van der Waals surface area contributed by atoms with Gasteiger partial charge in [0.25, 0.3) is 0 Å². The molecule has 0 spiro atoms. The van der Waals surface area contributed by atoms with E-state index >= 15 is 0 Å². The minimum absolute atomic E-state index is 0.00868. The third-order valence-electron chi connectivity index (χ3n) is 8.90. The molecule has 4 heterocycles. The van der Waals surface area contributed by atoms with Gasteiger partial charge < -0.3 is 29.1 Å². The summed E-state index contributed by atoms with van der Waals surface area (Å²) in [5, 5.41) is 0. The number of anilines is 2. The predicted octanol–water partition coefficient (Wildman–Crippen LogP) is 3.32. The second kappa shape index (κ2) is 10.9. The van der Waals surface area contributed by atoms with Crippen molar-refractivity contribution in [3.63, 3.8) is 0 Å². The maximum absolute atomic E-state index is 12.2. The van der Waals surface area contributed by atoms with Gasteiger partial charge in [0.05, 0.1) is 17.9 Å². The van der Waals surface area contributed by atoms with Crippen LogP contribution in [0.4, 0.5) is 11.5 Å². The first-order valence-corrected chi connectivity index (χ1v) is 14.7. The molecule has 0 saturated carbocycles. The van der Waals surface area contributed by atoms with Crippen LogP contribution in [0.1, 0.15) is 44.4 Å². The molecule has 1 amide bonds. The van der Waals surface area contributed by atoms with Crippen LogP contribution in [0, 0.1) is 0 Å². The summed E-state index contributed by atoms with van der Waals surface area (Å²) in [5.41, 5.74) is 3.21. The third-order valence-corrected chi connectivity index (χ3v) is 8.90. The van der Waals surface area contributed by atoms with Crippen molar-refractivity contribution in [2.45, 2.75) is 63.6 Å². The van der Waals surface area contributed by atoms with E-state index in [0.717, 1.165) is 74.8 Å². The number of benzene rings is 1. The first kappa shape index (κ1) is 26.9. The van der Waals surface area contributed by atoms with Crippen LogP contribution < -0.4 is 19.3 Å². The molecule has 6 rings (SSSR count). The Bertz CT molecular complexity index is 1260. The molecule has 0 bridgehead atoms. The van der Waals surface area contributed by atoms with Crippen LogP contribution in [0.5, 0.6) is 11.8 Å². The Morgan fingerprint density at radius 3 is 2.70 bits per heavy atom. The van der Waals surface area contributed by atoms with E-state index in [1.807, 2.05) is 11.0 Å². The van der Waals surface area contributed by atoms with E-state index in [4.69, 9.17) is 19.4 Å². The fourth-order valence-electron chi connectivity index (χ4n) is 6.71. The minimum Gasteiger partial charge on any atom is -0.484 e. The molecule has 1 aliphatic carbocycles. The van der Waals surface area contributed by atoms with Crippen LogP contribution in [-0.2, 0) is 17.6 Å². The van der Waals surface area contributed by atoms with Crippen molar-refractivity contribution in [1.29, 1.82) is 0 Å². The molecule has 9 heteroatoms. The van der Waals surface area contributed by atoms with Crippen molar-refractivity contribution in [2.24, 2.45) is 0 Å². The van der Waals surface area contributed by atoms with Crippen LogP contribution in [-0.4, -0.2) is 96.3 Å². The topological polar surface area (TPSA) is 74.3 Å². The summed E-state index contributed by atoms with van der Waals surface area (Å²) in [5.74, 6) is 1.92. The van der Waals surface area contributed by atoms with Gasteiger partial charge in [-0.15, -0.1) is 0 Å². The highest BCUT2D eigenvalue weighted by Crippen LogP contribution is 2.41. The zero-order valence-electron chi connectivity index (χ0n) is 24.1. The van der Waals surface area contributed by atoms with E-state index in [-0.39, 0.29) is 11.5 Å². The Labute approximate surface area is 237 Å². The summed E-state index contributed by atoms with van der Waals surface area (Å²) < 4.78 is 12.6. The molecule has 0 N–H and O–H groups in total. The standard InChI is InChI=1S/C31H42N6O3/c1-5-28(38)35-15-17-36(18-16-35)29-24-13-12-22(37-21-31(2,3)40-27-11-7-6-10-26(27)37)19-25(24)32-30(33-29)39-20-23-9-8-14-34(23)4/h5-7,10-11,22-23H,1,8-9,12-21H2,2-4H3/t22?,23-/m0/s1. The fraction of sp³-hybridized carbons (Fsp3) is 0.581. The van der Waals surface area contributed by atoms with Gasteiger partial charge in [-0.2, -0.15) is 9.97 Å². The lowest BCUT2D eigenvalue weighted by atomic mass is 9.89. The summed E-state index contributed by atoms with van der Waals surface area (Å²) >= 11 is 0. The van der Waals surface area contributed by atoms with Crippen molar-refractivity contribution in [3.05, 3.63) is 48.2 Å². The van der Waals surface area contributed by atoms with Gasteiger partial charge in [0, 0.05) is 50.2 Å². The SMILES string of the molecule is C=CC(=O)N1CCN(c2nc(OC[C@@H]3CCCN3C)nc3c2CCC(N2CC(C)(C)Oc4ccccc42)C3)CC1. The van der Waals surface area contributed by atoms with Crippen molar-refractivity contribution < 1.29 is 14.3 Å². The van der Waals surface area contributed by atoms with Gasteiger partial charge in [-0.25, -0.2) is 0 Å². The zero-order valence-corrected chi connectivity index (χ0v) is 24.1. The lowest BCUT2D eigenvalue weighted by molar-refractivity contribution is -0.126. The van der Waals surface area contributed by atoms with Gasteiger partial charge in [0.2, 0.25) is 5.91 Å². The number of fused-ring (bicyclic) bond motifs is 2. The smallest absolute Gasteiger partial charge is 0.318 e. The van der Waals surface area contributed by atoms with Crippen LogP contribution in [0.15, 0.2) is 36.9 Å². The second-order valence-corrected chi connectivity index (χ2v) is 12.2. The van der Waals surface area contributed by atoms with E-state index in [9.17, 15) is 4.79 Å². The molecular weight excluding hydrogens is 504 g/mol. The van der Waals surface area contributed by atoms with E-state index in [1.165, 1.54) is 18.1 Å². The Morgan fingerprint density at radius 1 is 1.15 bits per heavy atom. The van der Waals surface area contributed by atoms with Crippen molar-refractivity contribution in [2.75, 3.05) is 62.7 Å². The highest BCUT2D eigenvalue weighted by atomic mass is 16.5. The molecule has 1 aromatic heterocycles. The molecule has 0 radical (unpaired) electrons. The quantitative estimate of drug-likeness (QED) is 0.511. The number of aromatic nitrogens is 2. The van der Waals surface area contributed by atoms with E-state index in [0.29, 0.717) is 37.8 Å². The fourth-order valence-corrected chi connectivity index (χ4v) is 6.71. The van der Waals surface area contributed by atoms with Crippen molar-refractivity contribution >= 4 is 17.4 Å². The summed E-state index contributed by atoms with van der Waals surface area (Å²) in [7, 11) is 2.16. The Balaban J connectivity index is 1.28. The average molecular weight is 547 g/mol. The van der Waals surface area contributed by atoms with E-state index in [2.05, 4.69) is 60.4 Å². The maximum atomic E-state index is 12.2. The maximum Gasteiger partial charge on any atom is 0.318 e. The minimum atomic E-state index is -0.268. The van der Waals surface area contributed by atoms with Gasteiger partial charge in [-0.1, -0.05) is 18.7 Å². The molecule has 2 saturated heterocycles. The zero-order chi connectivity index (χ0) is 27.9. The average Bonchev–Trinajstić information content (AvgIpc) is 3.38. The largest absolute Gasteiger partial charge is 0.484 e. The van der Waals surface area contributed by atoms with Gasteiger partial charge in [-0.3, -0.25) is 4.79 Å². The Kier molecular flexibility index (Phi) is 7.33. The summed E-state index contributed by atoms with van der Waals surface area (Å²) in [6.45, 7) is 13.3. The number of piperazine rings is 1. The highest BCUT2D eigenvalue weighted by molar-refractivity contribution is 5.87. The van der Waals surface area contributed by atoms with Gasteiger partial charge in [0.1, 0.15) is 23.8 Å². The molecule has 2 aromatic rings. The summed E-state index contributed by atoms with van der Waals surface area (Å²) in [4.78, 5) is 31.3. The number of ether oxygens (including phenoxy) is 2. The van der Waals surface area contributed by atoms with Gasteiger partial charge >= 0.3 is 6.01 Å². The van der Waals surface area contributed by atoms with Crippen LogP contribution in [0.2, 0.25) is 0 Å². The third kappa shape index (κ3) is 5.36. The second-order valence-electron chi connectivity index (χ2n) is 12.2. The number of amides is 1. The van der Waals surface area contributed by atoms with Crippen molar-refractivity contribution in [3.8, 4) is 11.8 Å². The molecule has 1 aromatic carbocycles. The summed E-state index contributed by atoms with van der Waals surface area (Å²) in [6.07, 6.45) is 6.52. The Hall–Kier alpha value is -3.33. The molecule has 2 atom stereocenters. The molecule has 2 fully saturated rings. The molecular formula is C31H42N6O3. The number of para-hydroxylation sites is 2. The molecule has 40 heavy (non-hydrogen) atoms. The molecule has 214 valence electrons. The molecule has 1 unspecified atom stereocenters. The predicted molar refractivity (Wildman–Crippen MR) is 156 cm³/mol. The lowest BCUT2D eigenvalue weighted by Crippen LogP contribution is -2.52. The number of likely N-dealkylation sites (tertiary alicyclic amines) is 1. The first-order chi connectivity index (χ1) is 19.3. The number of hydrogen-bond acceptors (Lipinski definition) is 8. The highest BCUT2D eigenvalue weighted by Gasteiger charge is 2.38. The van der Waals surface area contributed by atoms with Crippen LogP contribution in [0.25, 0.3) is 0 Å². The number of carbonyl (C=O) groups excluding carboxylic acids is 1. The molecule has 9 nitrogen and oxygen atoms in total. The van der Waals surface area contributed by atoms with E-state index < -0.39 is 0 Å². The number of hydrogen-bond donors (Lipinski definition) is 0. The van der Waals surface area contributed by atoms with E-state index in [1.54, 1.807) is 0 Å². The number of likely N-dealkylation sites (N-methyl/N-ethyl adjacent to an activating group) is 1. The van der Waals surface area contributed by atoms with Gasteiger partial charge in [0.15, 0.2) is 0 Å². The first-order valence-electron chi connectivity index (χ1n) is 14.7. The molecule has 4 aliphatic rings. The lowest BCUT2D eigenvalue weighted by Gasteiger charge is -2.46. The number of rotatable bonds is 6. The van der Waals surface area contributed by atoms with Gasteiger partial charge in [-0.05, 0) is 71.3 Å². The molecule has 3 aliphatic heterocycles. The number of nitrogens with zero attached hydrogens (tertiary/aromatic N) is 6. The Morgan fingerprint density at radius 2 is 1.95 bits per heavy atom. The summed E-state index contributed by atoms with van der Waals surface area (Å²) in [6, 6.07) is 9.56. The van der Waals surface area contributed by atoms with Crippen LogP contribution in [0.3, 0.4) is 0 Å². The number of carbonyl (C=O) groups is 1.